The van der Waals surface area contributed by atoms with E-state index in [1.54, 1.807) is 7.11 Å². The van der Waals surface area contributed by atoms with Crippen LogP contribution in [0.4, 0.5) is 0 Å². The molecule has 3 nitrogen and oxygen atoms in total. The second kappa shape index (κ2) is 6.15. The van der Waals surface area contributed by atoms with E-state index < -0.39 is 0 Å². The Morgan fingerprint density at radius 2 is 1.95 bits per heavy atom. The van der Waals surface area contributed by atoms with Gasteiger partial charge in [-0.1, -0.05) is 25.8 Å². The first-order valence-corrected chi connectivity index (χ1v) is 7.69. The van der Waals surface area contributed by atoms with Crippen molar-refractivity contribution in [2.75, 3.05) is 7.11 Å². The van der Waals surface area contributed by atoms with Crippen LogP contribution in [0.2, 0.25) is 0 Å². The van der Waals surface area contributed by atoms with E-state index in [0.29, 0.717) is 0 Å². The first kappa shape index (κ1) is 15.3. The summed E-state index contributed by atoms with van der Waals surface area (Å²) >= 11 is 0. The molecule has 1 aliphatic rings. The van der Waals surface area contributed by atoms with Gasteiger partial charge in [0, 0.05) is 5.56 Å². The van der Waals surface area contributed by atoms with Crippen molar-refractivity contribution < 1.29 is 4.74 Å². The minimum Gasteiger partial charge on any atom is -0.496 e. The van der Waals surface area contributed by atoms with Gasteiger partial charge in [0.2, 0.25) is 0 Å². The molecule has 0 saturated heterocycles. The molecule has 1 aromatic rings. The van der Waals surface area contributed by atoms with Crippen molar-refractivity contribution in [2.24, 2.45) is 11.3 Å². The number of aryl methyl sites for hydroxylation is 2. The zero-order valence-electron chi connectivity index (χ0n) is 13.3. The van der Waals surface area contributed by atoms with Crippen molar-refractivity contribution in [2.45, 2.75) is 58.9 Å². The third-order valence-corrected chi connectivity index (χ3v) is 5.08. The number of nitrogens with one attached hydrogen (secondary N) is 1. The van der Waals surface area contributed by atoms with Gasteiger partial charge in [-0.2, -0.15) is 0 Å². The zero-order valence-corrected chi connectivity index (χ0v) is 13.3. The first-order chi connectivity index (χ1) is 9.57. The van der Waals surface area contributed by atoms with Crippen molar-refractivity contribution in [3.05, 3.63) is 28.8 Å². The van der Waals surface area contributed by atoms with E-state index in [-0.39, 0.29) is 11.5 Å². The summed E-state index contributed by atoms with van der Waals surface area (Å²) in [5.41, 5.74) is 7.11. The van der Waals surface area contributed by atoms with Gasteiger partial charge in [0.25, 0.3) is 0 Å². The summed E-state index contributed by atoms with van der Waals surface area (Å²) in [6.07, 6.45) is 6.25. The Bertz CT molecular complexity index is 464. The molecule has 1 unspecified atom stereocenters. The van der Waals surface area contributed by atoms with E-state index in [1.807, 2.05) is 0 Å². The predicted octanol–water partition coefficient (Wildman–Crippen LogP) is 3.79. The summed E-state index contributed by atoms with van der Waals surface area (Å²) in [6, 6.07) is 4.51. The summed E-state index contributed by atoms with van der Waals surface area (Å²) in [5, 5.41) is 0. The Balaban J connectivity index is 2.51. The van der Waals surface area contributed by atoms with E-state index in [2.05, 4.69) is 38.3 Å². The van der Waals surface area contributed by atoms with Crippen LogP contribution in [0, 0.1) is 19.3 Å². The molecule has 0 bridgehead atoms. The number of hydrogen-bond acceptors (Lipinski definition) is 3. The van der Waals surface area contributed by atoms with E-state index in [0.717, 1.165) is 12.2 Å². The molecule has 112 valence electrons. The first-order valence-electron chi connectivity index (χ1n) is 7.69. The maximum absolute atomic E-state index is 5.97. The Labute approximate surface area is 122 Å². The molecular formula is C17H28N2O. The van der Waals surface area contributed by atoms with Crippen molar-refractivity contribution in [1.82, 2.24) is 5.43 Å². The number of hydrogen-bond donors (Lipinski definition) is 2. The highest BCUT2D eigenvalue weighted by molar-refractivity contribution is 5.46. The zero-order chi connectivity index (χ0) is 14.8. The van der Waals surface area contributed by atoms with E-state index in [4.69, 9.17) is 10.6 Å². The number of nitrogens with two attached hydrogens (primary N) is 1. The van der Waals surface area contributed by atoms with Gasteiger partial charge in [0.15, 0.2) is 0 Å². The quantitative estimate of drug-likeness (QED) is 0.635. The van der Waals surface area contributed by atoms with Crippen molar-refractivity contribution in [1.29, 1.82) is 0 Å². The maximum atomic E-state index is 5.97. The van der Waals surface area contributed by atoms with Gasteiger partial charge in [0.1, 0.15) is 5.75 Å². The van der Waals surface area contributed by atoms with E-state index in [9.17, 15) is 0 Å². The predicted molar refractivity (Wildman–Crippen MR) is 83.7 cm³/mol. The molecular weight excluding hydrogens is 248 g/mol. The average molecular weight is 276 g/mol. The minimum atomic E-state index is 0.172. The fourth-order valence-corrected chi connectivity index (χ4v) is 3.97. The molecule has 0 aliphatic heterocycles. The molecule has 0 spiro atoms. The SMILES string of the molecule is CCC1(C(NN)c2c(C)cc(C)cc2OC)CCCC1. The molecule has 0 aromatic heterocycles. The number of hydrazine groups is 1. The third kappa shape index (κ3) is 2.57. The topological polar surface area (TPSA) is 47.3 Å². The van der Waals surface area contributed by atoms with Crippen LogP contribution in [0.5, 0.6) is 5.75 Å². The van der Waals surface area contributed by atoms with Crippen molar-refractivity contribution >= 4 is 0 Å². The number of methoxy groups -OCH3 is 1. The normalized spacial score (nSPS) is 19.1. The number of benzene rings is 1. The molecule has 1 aromatic carbocycles. The molecule has 1 aliphatic carbocycles. The summed E-state index contributed by atoms with van der Waals surface area (Å²) in [6.45, 7) is 6.55. The maximum Gasteiger partial charge on any atom is 0.124 e. The lowest BCUT2D eigenvalue weighted by Gasteiger charge is -2.38. The number of rotatable bonds is 5. The van der Waals surface area contributed by atoms with Gasteiger partial charge >= 0.3 is 0 Å². The molecule has 0 heterocycles. The van der Waals surface area contributed by atoms with Crippen LogP contribution in [0.1, 0.15) is 61.8 Å². The van der Waals surface area contributed by atoms with Crippen LogP contribution in [0.3, 0.4) is 0 Å². The second-order valence-corrected chi connectivity index (χ2v) is 6.22. The summed E-state index contributed by atoms with van der Waals surface area (Å²) in [4.78, 5) is 0. The third-order valence-electron chi connectivity index (χ3n) is 5.08. The monoisotopic (exact) mass is 276 g/mol. The van der Waals surface area contributed by atoms with E-state index in [1.165, 1.54) is 42.4 Å². The number of ether oxygens (including phenoxy) is 1. The van der Waals surface area contributed by atoms with Gasteiger partial charge in [-0.3, -0.25) is 11.3 Å². The molecule has 20 heavy (non-hydrogen) atoms. The van der Waals surface area contributed by atoms with Gasteiger partial charge < -0.3 is 4.74 Å². The molecule has 2 rings (SSSR count). The molecule has 1 atom stereocenters. The van der Waals surface area contributed by atoms with Crippen molar-refractivity contribution in [3.63, 3.8) is 0 Å². The fourth-order valence-electron chi connectivity index (χ4n) is 3.97. The Kier molecular flexibility index (Phi) is 4.71. The van der Waals surface area contributed by atoms with Gasteiger partial charge in [-0.05, 0) is 55.7 Å². The lowest BCUT2D eigenvalue weighted by Crippen LogP contribution is -2.40. The largest absolute Gasteiger partial charge is 0.496 e. The minimum absolute atomic E-state index is 0.172. The van der Waals surface area contributed by atoms with Gasteiger partial charge in [-0.25, -0.2) is 0 Å². The average Bonchev–Trinajstić information content (AvgIpc) is 2.91. The van der Waals surface area contributed by atoms with Crippen LogP contribution < -0.4 is 16.0 Å². The standard InChI is InChI=1S/C17H28N2O/c1-5-17(8-6-7-9-17)16(19-18)15-13(3)10-12(2)11-14(15)20-4/h10-11,16,19H,5-9,18H2,1-4H3. The summed E-state index contributed by atoms with van der Waals surface area (Å²) < 4.78 is 5.64. The lowest BCUT2D eigenvalue weighted by atomic mass is 9.72. The molecule has 0 amide bonds. The lowest BCUT2D eigenvalue weighted by molar-refractivity contribution is 0.184. The van der Waals surface area contributed by atoms with Crippen LogP contribution >= 0.6 is 0 Å². The van der Waals surface area contributed by atoms with E-state index >= 15 is 0 Å². The highest BCUT2D eigenvalue weighted by atomic mass is 16.5. The smallest absolute Gasteiger partial charge is 0.124 e. The molecule has 1 fully saturated rings. The Morgan fingerprint density at radius 1 is 1.30 bits per heavy atom. The summed E-state index contributed by atoms with van der Waals surface area (Å²) in [7, 11) is 1.75. The molecule has 3 heteroatoms. The fraction of sp³-hybridized carbons (Fsp3) is 0.647. The van der Waals surface area contributed by atoms with Crippen LogP contribution in [0.25, 0.3) is 0 Å². The van der Waals surface area contributed by atoms with Crippen molar-refractivity contribution in [3.8, 4) is 5.75 Å². The highest BCUT2D eigenvalue weighted by Crippen LogP contribution is 2.52. The molecule has 3 N–H and O–H groups in total. The van der Waals surface area contributed by atoms with Gasteiger partial charge in [0.05, 0.1) is 13.2 Å². The van der Waals surface area contributed by atoms with Crippen LogP contribution in [-0.2, 0) is 0 Å². The summed E-state index contributed by atoms with van der Waals surface area (Å²) in [5.74, 6) is 6.93. The molecule has 1 saturated carbocycles. The highest BCUT2D eigenvalue weighted by Gasteiger charge is 2.41. The van der Waals surface area contributed by atoms with Gasteiger partial charge in [-0.15, -0.1) is 0 Å². The second-order valence-electron chi connectivity index (χ2n) is 6.22. The van der Waals surface area contributed by atoms with Crippen LogP contribution in [0.15, 0.2) is 12.1 Å². The van der Waals surface area contributed by atoms with Crippen LogP contribution in [-0.4, -0.2) is 7.11 Å². The Hall–Kier alpha value is -1.06. The Morgan fingerprint density at radius 3 is 2.45 bits per heavy atom. The molecule has 0 radical (unpaired) electrons.